The normalized spacial score (nSPS) is 23.5. The third-order valence-corrected chi connectivity index (χ3v) is 5.96. The number of benzene rings is 1. The molecule has 0 aromatic heterocycles. The fourth-order valence-corrected chi connectivity index (χ4v) is 4.29. The first kappa shape index (κ1) is 15.9. The summed E-state index contributed by atoms with van der Waals surface area (Å²) < 4.78 is 1.06. The molecule has 1 amide bonds. The van der Waals surface area contributed by atoms with Crippen LogP contribution < -0.4 is 0 Å². The second-order valence-corrected chi connectivity index (χ2v) is 7.40. The van der Waals surface area contributed by atoms with Crippen LogP contribution in [0.2, 0.25) is 0 Å². The number of halogens is 1. The molecular formula is C17H21BrN2OS. The van der Waals surface area contributed by atoms with Gasteiger partial charge in [0.15, 0.2) is 5.11 Å². The molecule has 1 unspecified atom stereocenters. The molecule has 1 aromatic carbocycles. The van der Waals surface area contributed by atoms with Crippen LogP contribution in [-0.2, 0) is 11.3 Å². The number of thiocarbonyl (C=S) groups is 1. The van der Waals surface area contributed by atoms with Crippen LogP contribution in [-0.4, -0.2) is 32.9 Å². The fraction of sp³-hybridized carbons (Fsp3) is 0.529. The number of nitrogens with zero attached hydrogens (tertiary/aromatic N) is 2. The Kier molecular flexibility index (Phi) is 4.83. The van der Waals surface area contributed by atoms with Crippen LogP contribution in [0.5, 0.6) is 0 Å². The van der Waals surface area contributed by atoms with Crippen LogP contribution in [0.15, 0.2) is 28.7 Å². The van der Waals surface area contributed by atoms with Crippen molar-refractivity contribution in [2.45, 2.75) is 57.7 Å². The summed E-state index contributed by atoms with van der Waals surface area (Å²) in [6.45, 7) is 2.64. The van der Waals surface area contributed by atoms with Crippen molar-refractivity contribution in [3.8, 4) is 0 Å². The molecule has 1 aliphatic carbocycles. The fourth-order valence-electron chi connectivity index (χ4n) is 3.42. The number of carbonyl (C=O) groups is 1. The Balaban J connectivity index is 1.79. The predicted octanol–water partition coefficient (Wildman–Crippen LogP) is 4.10. The molecule has 2 fully saturated rings. The first-order valence-corrected chi connectivity index (χ1v) is 9.17. The van der Waals surface area contributed by atoms with Gasteiger partial charge in [-0.2, -0.15) is 0 Å². The highest BCUT2D eigenvalue weighted by molar-refractivity contribution is 9.10. The molecule has 3 rings (SSSR count). The average Bonchev–Trinajstić information content (AvgIpc) is 2.74. The summed E-state index contributed by atoms with van der Waals surface area (Å²) >= 11 is 9.24. The van der Waals surface area contributed by atoms with Gasteiger partial charge >= 0.3 is 0 Å². The molecule has 3 nitrogen and oxygen atoms in total. The minimum absolute atomic E-state index is 0.165. The lowest BCUT2D eigenvalue weighted by molar-refractivity contribution is -0.129. The van der Waals surface area contributed by atoms with Crippen LogP contribution in [0.3, 0.4) is 0 Å². The number of hydrogen-bond donors (Lipinski definition) is 0. The van der Waals surface area contributed by atoms with Gasteiger partial charge < -0.3 is 4.90 Å². The lowest BCUT2D eigenvalue weighted by atomic mass is 9.94. The molecule has 1 aromatic rings. The van der Waals surface area contributed by atoms with Crippen LogP contribution >= 0.6 is 28.1 Å². The molecule has 0 radical (unpaired) electrons. The highest BCUT2D eigenvalue weighted by Gasteiger charge is 2.43. The highest BCUT2D eigenvalue weighted by atomic mass is 79.9. The van der Waals surface area contributed by atoms with Crippen molar-refractivity contribution in [3.63, 3.8) is 0 Å². The van der Waals surface area contributed by atoms with E-state index in [9.17, 15) is 4.79 Å². The third-order valence-electron chi connectivity index (χ3n) is 4.75. The topological polar surface area (TPSA) is 23.6 Å². The number of amides is 1. The first-order valence-electron chi connectivity index (χ1n) is 7.96. The van der Waals surface area contributed by atoms with E-state index in [1.807, 2.05) is 30.0 Å². The molecule has 0 N–H and O–H groups in total. The van der Waals surface area contributed by atoms with Gasteiger partial charge in [-0.3, -0.25) is 9.69 Å². The largest absolute Gasteiger partial charge is 0.333 e. The molecule has 1 saturated heterocycles. The predicted molar refractivity (Wildman–Crippen MR) is 95.5 cm³/mol. The van der Waals surface area contributed by atoms with E-state index in [4.69, 9.17) is 12.2 Å². The van der Waals surface area contributed by atoms with E-state index in [0.29, 0.717) is 17.7 Å². The summed E-state index contributed by atoms with van der Waals surface area (Å²) in [5, 5.41) is 0.708. The van der Waals surface area contributed by atoms with Crippen LogP contribution in [0.25, 0.3) is 0 Å². The maximum absolute atomic E-state index is 12.7. The molecule has 1 aliphatic heterocycles. The second kappa shape index (κ2) is 6.67. The summed E-state index contributed by atoms with van der Waals surface area (Å²) in [5.41, 5.74) is 1.16. The molecule has 118 valence electrons. The monoisotopic (exact) mass is 380 g/mol. The van der Waals surface area contributed by atoms with E-state index in [-0.39, 0.29) is 11.9 Å². The third kappa shape index (κ3) is 2.93. The maximum atomic E-state index is 12.7. The zero-order valence-electron chi connectivity index (χ0n) is 12.8. The van der Waals surface area contributed by atoms with Gasteiger partial charge in [0.25, 0.3) is 5.91 Å². The highest BCUT2D eigenvalue weighted by Crippen LogP contribution is 2.30. The number of carbonyl (C=O) groups excluding carboxylic acids is 1. The number of rotatable bonds is 3. The van der Waals surface area contributed by atoms with Gasteiger partial charge in [0.2, 0.25) is 0 Å². The van der Waals surface area contributed by atoms with E-state index in [2.05, 4.69) is 26.9 Å². The molecule has 1 atom stereocenters. The molecule has 1 saturated carbocycles. The van der Waals surface area contributed by atoms with Gasteiger partial charge in [-0.25, -0.2) is 0 Å². The van der Waals surface area contributed by atoms with E-state index in [1.54, 1.807) is 0 Å². The average molecular weight is 381 g/mol. The summed E-state index contributed by atoms with van der Waals surface area (Å²) in [6.07, 6.45) is 5.86. The Hall–Kier alpha value is -0.940. The molecular weight excluding hydrogens is 360 g/mol. The first-order chi connectivity index (χ1) is 10.6. The van der Waals surface area contributed by atoms with Crippen molar-refractivity contribution in [2.75, 3.05) is 0 Å². The SMILES string of the molecule is CC1C(=O)N(C2CCCCC2)C(=S)N1Cc1ccccc1Br. The number of hydrogen-bond acceptors (Lipinski definition) is 2. The summed E-state index contributed by atoms with van der Waals surface area (Å²) in [4.78, 5) is 16.6. The van der Waals surface area contributed by atoms with Gasteiger partial charge in [-0.05, 0) is 43.6 Å². The van der Waals surface area contributed by atoms with E-state index in [0.717, 1.165) is 22.9 Å². The standard InChI is InChI=1S/C17H21BrN2OS/c1-12-16(21)20(14-8-3-2-4-9-14)17(22)19(12)11-13-7-5-6-10-15(13)18/h5-7,10,12,14H,2-4,8-9,11H2,1H3. The lowest BCUT2D eigenvalue weighted by Gasteiger charge is -2.31. The summed E-state index contributed by atoms with van der Waals surface area (Å²) in [5.74, 6) is 0.170. The van der Waals surface area contributed by atoms with E-state index >= 15 is 0 Å². The molecule has 0 spiro atoms. The van der Waals surface area contributed by atoms with Gasteiger partial charge in [0.1, 0.15) is 6.04 Å². The molecule has 22 heavy (non-hydrogen) atoms. The van der Waals surface area contributed by atoms with Gasteiger partial charge in [-0.15, -0.1) is 0 Å². The second-order valence-electron chi connectivity index (χ2n) is 6.18. The zero-order valence-corrected chi connectivity index (χ0v) is 15.2. The molecule has 1 heterocycles. The van der Waals surface area contributed by atoms with Gasteiger partial charge in [-0.1, -0.05) is 53.4 Å². The maximum Gasteiger partial charge on any atom is 0.251 e. The van der Waals surface area contributed by atoms with E-state index in [1.165, 1.54) is 19.3 Å². The molecule has 0 bridgehead atoms. The lowest BCUT2D eigenvalue weighted by Crippen LogP contribution is -2.42. The van der Waals surface area contributed by atoms with Crippen molar-refractivity contribution in [1.82, 2.24) is 9.80 Å². The Morgan fingerprint density at radius 2 is 1.91 bits per heavy atom. The van der Waals surface area contributed by atoms with Crippen LogP contribution in [0.1, 0.15) is 44.6 Å². The van der Waals surface area contributed by atoms with Crippen molar-refractivity contribution in [1.29, 1.82) is 0 Å². The van der Waals surface area contributed by atoms with Crippen LogP contribution in [0.4, 0.5) is 0 Å². The van der Waals surface area contributed by atoms with Crippen molar-refractivity contribution >= 4 is 39.2 Å². The van der Waals surface area contributed by atoms with E-state index < -0.39 is 0 Å². The zero-order chi connectivity index (χ0) is 15.7. The molecule has 5 heteroatoms. The smallest absolute Gasteiger partial charge is 0.251 e. The van der Waals surface area contributed by atoms with Gasteiger partial charge in [0, 0.05) is 17.1 Å². The van der Waals surface area contributed by atoms with Crippen molar-refractivity contribution < 1.29 is 4.79 Å². The quantitative estimate of drug-likeness (QED) is 0.737. The Labute approximate surface area is 145 Å². The Morgan fingerprint density at radius 1 is 1.23 bits per heavy atom. The Bertz CT molecular complexity index is 586. The van der Waals surface area contributed by atoms with Gasteiger partial charge in [0.05, 0.1) is 0 Å². The molecule has 2 aliphatic rings. The summed E-state index contributed by atoms with van der Waals surface area (Å²) in [6, 6.07) is 8.26. The van der Waals surface area contributed by atoms with Crippen molar-refractivity contribution in [3.05, 3.63) is 34.3 Å². The minimum Gasteiger partial charge on any atom is -0.333 e. The van der Waals surface area contributed by atoms with Crippen molar-refractivity contribution in [2.24, 2.45) is 0 Å². The van der Waals surface area contributed by atoms with Crippen LogP contribution in [0, 0.1) is 0 Å². The summed E-state index contributed by atoms with van der Waals surface area (Å²) in [7, 11) is 0. The minimum atomic E-state index is -0.165. The Morgan fingerprint density at radius 3 is 2.59 bits per heavy atom.